The topological polar surface area (TPSA) is 89.9 Å². The van der Waals surface area contributed by atoms with Crippen LogP contribution in [-0.4, -0.2) is 59.3 Å². The zero-order chi connectivity index (χ0) is 14.3. The largest absolute Gasteiger partial charge is 0.481 e. The van der Waals surface area contributed by atoms with E-state index in [1.54, 1.807) is 11.8 Å². The van der Waals surface area contributed by atoms with Gasteiger partial charge in [-0.1, -0.05) is 0 Å². The van der Waals surface area contributed by atoms with Gasteiger partial charge in [-0.3, -0.25) is 9.59 Å². The second-order valence-corrected chi connectivity index (χ2v) is 5.16. The number of hydrogen-bond acceptors (Lipinski definition) is 4. The minimum atomic E-state index is -0.761. The van der Waals surface area contributed by atoms with Crippen molar-refractivity contribution in [2.75, 3.05) is 26.2 Å². The summed E-state index contributed by atoms with van der Waals surface area (Å²) < 4.78 is 0. The van der Waals surface area contributed by atoms with E-state index in [2.05, 4.69) is 5.32 Å². The van der Waals surface area contributed by atoms with Crippen LogP contribution >= 0.6 is 0 Å². The van der Waals surface area contributed by atoms with Crippen molar-refractivity contribution < 1.29 is 19.8 Å². The smallest absolute Gasteiger partial charge is 0.306 e. The molecule has 19 heavy (non-hydrogen) atoms. The molecule has 1 amide bonds. The van der Waals surface area contributed by atoms with E-state index in [-0.39, 0.29) is 24.5 Å². The van der Waals surface area contributed by atoms with Crippen LogP contribution in [0.4, 0.5) is 0 Å². The van der Waals surface area contributed by atoms with Crippen LogP contribution in [0.25, 0.3) is 0 Å². The van der Waals surface area contributed by atoms with Crippen molar-refractivity contribution in [3.8, 4) is 0 Å². The number of rotatable bonds is 7. The third-order valence-corrected chi connectivity index (χ3v) is 3.45. The Morgan fingerprint density at radius 3 is 2.53 bits per heavy atom. The highest BCUT2D eigenvalue weighted by atomic mass is 16.4. The maximum Gasteiger partial charge on any atom is 0.306 e. The van der Waals surface area contributed by atoms with Gasteiger partial charge in [-0.25, -0.2) is 0 Å². The molecule has 6 heteroatoms. The van der Waals surface area contributed by atoms with Crippen molar-refractivity contribution in [1.29, 1.82) is 0 Å². The van der Waals surface area contributed by atoms with E-state index in [1.165, 1.54) is 0 Å². The number of nitrogens with zero attached hydrogens (tertiary/aromatic N) is 1. The van der Waals surface area contributed by atoms with Crippen molar-refractivity contribution in [2.24, 2.45) is 5.92 Å². The van der Waals surface area contributed by atoms with Gasteiger partial charge >= 0.3 is 5.97 Å². The molecule has 1 heterocycles. The number of likely N-dealkylation sites (tertiary alicyclic amines) is 1. The van der Waals surface area contributed by atoms with Crippen molar-refractivity contribution in [2.45, 2.75) is 38.7 Å². The van der Waals surface area contributed by atoms with E-state index in [9.17, 15) is 9.59 Å². The van der Waals surface area contributed by atoms with Crippen molar-refractivity contribution in [3.05, 3.63) is 0 Å². The first-order chi connectivity index (χ1) is 9.00. The van der Waals surface area contributed by atoms with Gasteiger partial charge in [-0.05, 0) is 39.2 Å². The molecule has 6 nitrogen and oxygen atoms in total. The van der Waals surface area contributed by atoms with Gasteiger partial charge in [0.05, 0.1) is 18.6 Å². The number of aliphatic hydroxyl groups is 1. The van der Waals surface area contributed by atoms with Crippen molar-refractivity contribution >= 4 is 11.9 Å². The summed E-state index contributed by atoms with van der Waals surface area (Å²) in [6.45, 7) is 3.81. The number of hydrogen-bond donors (Lipinski definition) is 3. The number of nitrogens with one attached hydrogen (secondary N) is 1. The zero-order valence-corrected chi connectivity index (χ0v) is 11.5. The number of piperidine rings is 1. The highest BCUT2D eigenvalue weighted by molar-refractivity contribution is 5.78. The quantitative estimate of drug-likeness (QED) is 0.570. The summed E-state index contributed by atoms with van der Waals surface area (Å²) in [4.78, 5) is 24.4. The number of aliphatic carboxylic acids is 1. The third kappa shape index (κ3) is 6.02. The van der Waals surface area contributed by atoms with E-state index < -0.39 is 5.97 Å². The molecular formula is C13H24N2O4. The van der Waals surface area contributed by atoms with Gasteiger partial charge in [-0.15, -0.1) is 0 Å². The Morgan fingerprint density at radius 1 is 1.37 bits per heavy atom. The number of carbonyl (C=O) groups excluding carboxylic acids is 1. The predicted molar refractivity (Wildman–Crippen MR) is 70.7 cm³/mol. The number of aliphatic hydroxyl groups excluding tert-OH is 1. The molecule has 0 aromatic carbocycles. The molecule has 0 bridgehead atoms. The summed E-state index contributed by atoms with van der Waals surface area (Å²) in [6, 6.07) is 0. The lowest BCUT2D eigenvalue weighted by atomic mass is 9.97. The first kappa shape index (κ1) is 15.9. The van der Waals surface area contributed by atoms with Crippen molar-refractivity contribution in [1.82, 2.24) is 10.2 Å². The van der Waals surface area contributed by atoms with E-state index in [1.807, 2.05) is 0 Å². The van der Waals surface area contributed by atoms with Gasteiger partial charge in [0.25, 0.3) is 0 Å². The molecule has 110 valence electrons. The Balaban J connectivity index is 2.12. The fourth-order valence-electron chi connectivity index (χ4n) is 2.21. The van der Waals surface area contributed by atoms with Gasteiger partial charge in [0.15, 0.2) is 0 Å². The number of carboxylic acids is 1. The minimum absolute atomic E-state index is 0.0286. The molecule has 0 saturated carbocycles. The third-order valence-electron chi connectivity index (χ3n) is 3.45. The van der Waals surface area contributed by atoms with E-state index in [0.717, 1.165) is 12.8 Å². The number of amides is 1. The molecule has 1 saturated heterocycles. The fourth-order valence-corrected chi connectivity index (χ4v) is 2.21. The molecule has 1 rings (SSSR count). The summed E-state index contributed by atoms with van der Waals surface area (Å²) in [5.41, 5.74) is 0. The molecular weight excluding hydrogens is 248 g/mol. The van der Waals surface area contributed by atoms with Gasteiger partial charge in [0, 0.05) is 13.1 Å². The Kier molecular flexibility index (Phi) is 6.80. The molecule has 0 aromatic heterocycles. The van der Waals surface area contributed by atoms with E-state index >= 15 is 0 Å². The SMILES string of the molecule is CC(O)CCCNCC(=O)N1CCC(C(=O)O)CC1. The normalized spacial score (nSPS) is 18.3. The van der Waals surface area contributed by atoms with Crippen LogP contribution < -0.4 is 5.32 Å². The molecule has 1 aliphatic heterocycles. The molecule has 0 aliphatic carbocycles. The summed E-state index contributed by atoms with van der Waals surface area (Å²) in [5.74, 6) is -1.03. The first-order valence-electron chi connectivity index (χ1n) is 6.90. The average molecular weight is 272 g/mol. The first-order valence-corrected chi connectivity index (χ1v) is 6.90. The predicted octanol–water partition coefficient (Wildman–Crippen LogP) is 0.0602. The summed E-state index contributed by atoms with van der Waals surface area (Å²) in [7, 11) is 0. The molecule has 1 fully saturated rings. The molecule has 1 aliphatic rings. The maximum atomic E-state index is 11.8. The van der Waals surface area contributed by atoms with Crippen LogP contribution in [0, 0.1) is 5.92 Å². The summed E-state index contributed by atoms with van der Waals surface area (Å²) in [6.07, 6.45) is 2.36. The molecule has 1 atom stereocenters. The average Bonchev–Trinajstić information content (AvgIpc) is 2.37. The van der Waals surface area contributed by atoms with Crippen LogP contribution in [0.2, 0.25) is 0 Å². The van der Waals surface area contributed by atoms with Gasteiger partial charge in [-0.2, -0.15) is 0 Å². The fraction of sp³-hybridized carbons (Fsp3) is 0.846. The Labute approximate surface area is 113 Å². The van der Waals surface area contributed by atoms with Crippen LogP contribution in [0.5, 0.6) is 0 Å². The molecule has 3 N–H and O–H groups in total. The monoisotopic (exact) mass is 272 g/mol. The summed E-state index contributed by atoms with van der Waals surface area (Å²) in [5, 5.41) is 21.0. The minimum Gasteiger partial charge on any atom is -0.481 e. The Morgan fingerprint density at radius 2 is 2.00 bits per heavy atom. The lowest BCUT2D eigenvalue weighted by Crippen LogP contribution is -2.44. The number of carbonyl (C=O) groups is 2. The summed E-state index contributed by atoms with van der Waals surface area (Å²) >= 11 is 0. The second-order valence-electron chi connectivity index (χ2n) is 5.16. The Hall–Kier alpha value is -1.14. The van der Waals surface area contributed by atoms with E-state index in [0.29, 0.717) is 32.5 Å². The van der Waals surface area contributed by atoms with Crippen LogP contribution in [0.1, 0.15) is 32.6 Å². The Bertz CT molecular complexity index is 299. The van der Waals surface area contributed by atoms with Crippen LogP contribution in [0.15, 0.2) is 0 Å². The standard InChI is InChI=1S/C13H24N2O4/c1-10(16)3-2-6-14-9-12(17)15-7-4-11(5-8-15)13(18)19/h10-11,14,16H,2-9H2,1H3,(H,18,19). The van der Waals surface area contributed by atoms with E-state index in [4.69, 9.17) is 10.2 Å². The lowest BCUT2D eigenvalue weighted by Gasteiger charge is -2.30. The van der Waals surface area contributed by atoms with Crippen LogP contribution in [0.3, 0.4) is 0 Å². The maximum absolute atomic E-state index is 11.8. The lowest BCUT2D eigenvalue weighted by molar-refractivity contribution is -0.145. The molecule has 0 aromatic rings. The van der Waals surface area contributed by atoms with Crippen molar-refractivity contribution in [3.63, 3.8) is 0 Å². The van der Waals surface area contributed by atoms with Crippen LogP contribution in [-0.2, 0) is 9.59 Å². The molecule has 1 unspecified atom stereocenters. The highest BCUT2D eigenvalue weighted by Crippen LogP contribution is 2.16. The molecule has 0 radical (unpaired) electrons. The zero-order valence-electron chi connectivity index (χ0n) is 11.5. The van der Waals surface area contributed by atoms with Gasteiger partial charge < -0.3 is 20.4 Å². The number of carboxylic acid groups (broad SMARTS) is 1. The second kappa shape index (κ2) is 8.12. The highest BCUT2D eigenvalue weighted by Gasteiger charge is 2.26. The van der Waals surface area contributed by atoms with Gasteiger partial charge in [0.1, 0.15) is 0 Å². The molecule has 0 spiro atoms. The van der Waals surface area contributed by atoms with Gasteiger partial charge in [0.2, 0.25) is 5.91 Å².